The summed E-state index contributed by atoms with van der Waals surface area (Å²) in [5.74, 6) is 0.247. The second-order valence-electron chi connectivity index (χ2n) is 9.01. The third-order valence-electron chi connectivity index (χ3n) is 6.83. The summed E-state index contributed by atoms with van der Waals surface area (Å²) >= 11 is 6.49. The number of halogens is 1. The van der Waals surface area contributed by atoms with Gasteiger partial charge in [-0.25, -0.2) is 0 Å². The van der Waals surface area contributed by atoms with E-state index in [0.29, 0.717) is 41.5 Å². The number of benzene rings is 2. The maximum atomic E-state index is 13.1. The monoisotopic (exact) mass is 490 g/mol. The second-order valence-corrected chi connectivity index (χ2v) is 9.45. The fourth-order valence-corrected chi connectivity index (χ4v) is 5.37. The Morgan fingerprint density at radius 1 is 1.03 bits per heavy atom. The zero-order chi connectivity index (χ0) is 24.1. The number of aromatic nitrogens is 1. The molecule has 0 saturated carbocycles. The van der Waals surface area contributed by atoms with Crippen molar-refractivity contribution in [3.63, 3.8) is 0 Å². The molecule has 6 rings (SSSR count). The van der Waals surface area contributed by atoms with Gasteiger partial charge >= 0.3 is 0 Å². The Morgan fingerprint density at radius 2 is 1.80 bits per heavy atom. The molecule has 1 atom stereocenters. The zero-order valence-electron chi connectivity index (χ0n) is 18.9. The largest absolute Gasteiger partial charge is 0.479 e. The average molecular weight is 491 g/mol. The van der Waals surface area contributed by atoms with Crippen molar-refractivity contribution in [3.8, 4) is 16.9 Å². The summed E-state index contributed by atoms with van der Waals surface area (Å²) in [6.45, 7) is 2.90. The highest BCUT2D eigenvalue weighted by Crippen LogP contribution is 2.43. The van der Waals surface area contributed by atoms with Crippen LogP contribution in [0.2, 0.25) is 5.02 Å². The lowest BCUT2D eigenvalue weighted by molar-refractivity contribution is -0.138. The Morgan fingerprint density at radius 3 is 2.57 bits per heavy atom. The number of rotatable bonds is 3. The number of anilines is 1. The number of hydrogen-bond acceptors (Lipinski definition) is 6. The molecule has 1 aromatic heterocycles. The number of hydrogen-bond donors (Lipinski definition) is 1. The lowest BCUT2D eigenvalue weighted by Gasteiger charge is -2.29. The van der Waals surface area contributed by atoms with E-state index >= 15 is 0 Å². The van der Waals surface area contributed by atoms with Gasteiger partial charge in [-0.3, -0.25) is 24.3 Å². The minimum absolute atomic E-state index is 0.00560. The number of amides is 3. The first-order valence-electron chi connectivity index (χ1n) is 11.7. The molecule has 3 aromatic rings. The smallest absolute Gasteiger partial charge is 0.264 e. The van der Waals surface area contributed by atoms with Gasteiger partial charge in [-0.05, 0) is 35.9 Å². The van der Waals surface area contributed by atoms with Crippen LogP contribution in [0.25, 0.3) is 22.0 Å². The number of nitrogens with one attached hydrogen (secondary N) is 1. The highest BCUT2D eigenvalue weighted by molar-refractivity contribution is 6.31. The fourth-order valence-electron chi connectivity index (χ4n) is 5.13. The van der Waals surface area contributed by atoms with E-state index in [0.717, 1.165) is 35.2 Å². The molecule has 0 unspecified atom stereocenters. The normalized spacial score (nSPS) is 19.9. The van der Waals surface area contributed by atoms with Gasteiger partial charge < -0.3 is 15.0 Å². The van der Waals surface area contributed by atoms with E-state index in [-0.39, 0.29) is 30.6 Å². The summed E-state index contributed by atoms with van der Waals surface area (Å²) in [6, 6.07) is 11.0. The van der Waals surface area contributed by atoms with Crippen LogP contribution in [0.5, 0.6) is 5.75 Å². The Balaban J connectivity index is 1.38. The molecule has 0 bridgehead atoms. The van der Waals surface area contributed by atoms with E-state index in [2.05, 4.69) is 10.3 Å². The maximum absolute atomic E-state index is 13.1. The molecule has 3 aliphatic rings. The van der Waals surface area contributed by atoms with Crippen LogP contribution in [-0.4, -0.2) is 59.9 Å². The first-order chi connectivity index (χ1) is 17.0. The third-order valence-corrected chi connectivity index (χ3v) is 7.04. The predicted molar refractivity (Wildman–Crippen MR) is 131 cm³/mol. The summed E-state index contributed by atoms with van der Waals surface area (Å²) in [6.07, 6.45) is 2.03. The van der Waals surface area contributed by atoms with E-state index in [1.165, 1.54) is 4.90 Å². The number of carbonyl (C=O) groups is 3. The number of piperazine rings is 1. The third kappa shape index (κ3) is 3.83. The van der Waals surface area contributed by atoms with Gasteiger partial charge in [-0.1, -0.05) is 17.7 Å². The molecule has 0 spiro atoms. The lowest BCUT2D eigenvalue weighted by Crippen LogP contribution is -2.50. The molecule has 35 heavy (non-hydrogen) atoms. The summed E-state index contributed by atoms with van der Waals surface area (Å²) in [7, 11) is 0. The van der Waals surface area contributed by atoms with E-state index in [9.17, 15) is 14.4 Å². The number of pyridine rings is 1. The summed E-state index contributed by atoms with van der Waals surface area (Å²) < 4.78 is 6.26. The minimum atomic E-state index is -0.577. The van der Waals surface area contributed by atoms with Crippen molar-refractivity contribution in [2.45, 2.75) is 25.4 Å². The Hall–Kier alpha value is -3.49. The van der Waals surface area contributed by atoms with Gasteiger partial charge in [0, 0.05) is 73.2 Å². The Kier molecular flexibility index (Phi) is 5.42. The molecule has 0 radical (unpaired) electrons. The van der Waals surface area contributed by atoms with Gasteiger partial charge in [-0.2, -0.15) is 0 Å². The van der Waals surface area contributed by atoms with Crippen LogP contribution >= 0.6 is 11.6 Å². The van der Waals surface area contributed by atoms with Gasteiger partial charge in [0.25, 0.3) is 5.91 Å². The van der Waals surface area contributed by atoms with Crippen molar-refractivity contribution in [1.82, 2.24) is 15.2 Å². The highest BCUT2D eigenvalue weighted by Gasteiger charge is 2.35. The molecule has 3 amide bonds. The van der Waals surface area contributed by atoms with Crippen molar-refractivity contribution in [1.29, 1.82) is 0 Å². The van der Waals surface area contributed by atoms with Gasteiger partial charge in [0.1, 0.15) is 5.75 Å². The molecule has 2 aromatic carbocycles. The minimum Gasteiger partial charge on any atom is -0.479 e. The molecule has 1 N–H and O–H groups in total. The van der Waals surface area contributed by atoms with Crippen LogP contribution in [0.4, 0.5) is 5.69 Å². The van der Waals surface area contributed by atoms with Crippen molar-refractivity contribution in [3.05, 3.63) is 53.2 Å². The molecule has 3 aliphatic heterocycles. The lowest BCUT2D eigenvalue weighted by atomic mass is 9.97. The van der Waals surface area contributed by atoms with E-state index in [1.54, 1.807) is 18.3 Å². The van der Waals surface area contributed by atoms with Crippen LogP contribution in [-0.2, 0) is 20.8 Å². The number of imide groups is 1. The Labute approximate surface area is 206 Å². The van der Waals surface area contributed by atoms with Crippen molar-refractivity contribution >= 4 is 45.9 Å². The molecule has 2 saturated heterocycles. The molecular weight excluding hydrogens is 468 g/mol. The van der Waals surface area contributed by atoms with Crippen molar-refractivity contribution in [2.24, 2.45) is 0 Å². The quantitative estimate of drug-likeness (QED) is 0.568. The first-order valence-corrected chi connectivity index (χ1v) is 12.1. The van der Waals surface area contributed by atoms with Gasteiger partial charge in [0.05, 0.1) is 11.2 Å². The SMILES string of the molecule is O=C([C@H]1Cc2cc(Cl)cc(-c3ccnc4cc(N5C(=O)CCC5=O)ccc34)c2O1)N1CCNCC1. The number of carbonyl (C=O) groups excluding carboxylic acids is 3. The van der Waals surface area contributed by atoms with Crippen LogP contribution in [0.15, 0.2) is 42.6 Å². The topological polar surface area (TPSA) is 91.8 Å². The standard InChI is InChI=1S/C26H23ClN4O4/c27-16-11-15-12-22(26(34)30-9-7-28-8-10-30)35-25(15)20(13-16)18-5-6-29-21-14-17(1-2-19(18)21)31-23(32)3-4-24(31)33/h1-2,5-6,11,13-14,22,28H,3-4,7-10,12H2/t22-/m1/s1. The van der Waals surface area contributed by atoms with Crippen LogP contribution in [0.1, 0.15) is 18.4 Å². The number of ether oxygens (including phenoxy) is 1. The number of fused-ring (bicyclic) bond motifs is 2. The molecule has 8 nitrogen and oxygen atoms in total. The summed E-state index contributed by atoms with van der Waals surface area (Å²) in [5, 5.41) is 4.66. The fraction of sp³-hybridized carbons (Fsp3) is 0.308. The molecule has 2 fully saturated rings. The molecule has 4 heterocycles. The average Bonchev–Trinajstić information content (AvgIpc) is 3.45. The predicted octanol–water partition coefficient (Wildman–Crippen LogP) is 2.94. The summed E-state index contributed by atoms with van der Waals surface area (Å²) in [5.41, 5.74) is 3.71. The van der Waals surface area contributed by atoms with Crippen molar-refractivity contribution < 1.29 is 19.1 Å². The van der Waals surface area contributed by atoms with Gasteiger partial charge in [0.15, 0.2) is 6.10 Å². The molecular formula is C26H23ClN4O4. The zero-order valence-corrected chi connectivity index (χ0v) is 19.7. The second kappa shape index (κ2) is 8.62. The van der Waals surface area contributed by atoms with E-state index < -0.39 is 6.10 Å². The van der Waals surface area contributed by atoms with Gasteiger partial charge in [-0.15, -0.1) is 0 Å². The molecule has 0 aliphatic carbocycles. The summed E-state index contributed by atoms with van der Waals surface area (Å²) in [4.78, 5) is 45.0. The van der Waals surface area contributed by atoms with E-state index in [1.807, 2.05) is 29.2 Å². The van der Waals surface area contributed by atoms with Gasteiger partial charge in [0.2, 0.25) is 11.8 Å². The van der Waals surface area contributed by atoms with Crippen molar-refractivity contribution in [2.75, 3.05) is 31.1 Å². The first kappa shape index (κ1) is 22.0. The Bertz CT molecular complexity index is 1370. The van der Waals surface area contributed by atoms with E-state index in [4.69, 9.17) is 16.3 Å². The van der Waals surface area contributed by atoms with Crippen LogP contribution in [0.3, 0.4) is 0 Å². The number of nitrogens with zero attached hydrogens (tertiary/aromatic N) is 3. The maximum Gasteiger partial charge on any atom is 0.264 e. The molecule has 178 valence electrons. The van der Waals surface area contributed by atoms with Crippen LogP contribution < -0.4 is 15.0 Å². The highest BCUT2D eigenvalue weighted by atomic mass is 35.5. The van der Waals surface area contributed by atoms with Crippen LogP contribution in [0, 0.1) is 0 Å². The molecule has 9 heteroatoms.